The topological polar surface area (TPSA) is 75.3 Å². The Balaban J connectivity index is 1.62. The number of halogens is 3. The van der Waals surface area contributed by atoms with E-state index in [4.69, 9.17) is 0 Å². The van der Waals surface area contributed by atoms with Crippen LogP contribution in [0, 0.1) is 5.41 Å². The van der Waals surface area contributed by atoms with Crippen LogP contribution >= 0.6 is 11.3 Å². The number of carbonyl (C=O) groups is 1. The molecule has 1 aliphatic carbocycles. The maximum Gasteiger partial charge on any atom is 0.416 e. The van der Waals surface area contributed by atoms with Gasteiger partial charge < -0.3 is 10.6 Å². The van der Waals surface area contributed by atoms with Gasteiger partial charge in [-0.2, -0.15) is 24.5 Å². The molecule has 2 amide bonds. The van der Waals surface area contributed by atoms with Crippen LogP contribution in [0.2, 0.25) is 0 Å². The summed E-state index contributed by atoms with van der Waals surface area (Å²) >= 11 is 1.44. The molecule has 0 unspecified atom stereocenters. The maximum atomic E-state index is 13.0. The average Bonchev–Trinajstić information content (AvgIpc) is 3.21. The van der Waals surface area contributed by atoms with E-state index in [9.17, 15) is 26.4 Å². The van der Waals surface area contributed by atoms with E-state index in [1.807, 2.05) is 23.8 Å². The number of anilines is 2. The number of sulfone groups is 1. The quantitative estimate of drug-likeness (QED) is 0.403. The number of amides is 2. The van der Waals surface area contributed by atoms with Gasteiger partial charge in [0.15, 0.2) is 9.84 Å². The van der Waals surface area contributed by atoms with Gasteiger partial charge in [0.1, 0.15) is 0 Å². The largest absolute Gasteiger partial charge is 0.416 e. The molecule has 0 spiro atoms. The van der Waals surface area contributed by atoms with Crippen molar-refractivity contribution in [3.05, 3.63) is 64.9 Å². The fourth-order valence-electron chi connectivity index (χ4n) is 3.45. The molecule has 0 aliphatic heterocycles. The SMILES string of the molecule is CC1(CS(=O)(=O)c2ccc(-c3ccsc3)c(NC(=O)Nc3cccc(C(F)(F)F)c3)c2)CC1. The monoisotopic (exact) mass is 494 g/mol. The summed E-state index contributed by atoms with van der Waals surface area (Å²) in [6.07, 6.45) is -2.84. The summed E-state index contributed by atoms with van der Waals surface area (Å²) in [7, 11) is -3.57. The molecule has 33 heavy (non-hydrogen) atoms. The van der Waals surface area contributed by atoms with E-state index in [1.165, 1.54) is 35.6 Å². The van der Waals surface area contributed by atoms with Crippen LogP contribution in [0.5, 0.6) is 0 Å². The number of alkyl halides is 3. The lowest BCUT2D eigenvalue weighted by molar-refractivity contribution is -0.137. The first kappa shape index (κ1) is 23.3. The van der Waals surface area contributed by atoms with Crippen LogP contribution in [0.4, 0.5) is 29.3 Å². The van der Waals surface area contributed by atoms with Crippen LogP contribution in [-0.2, 0) is 16.0 Å². The number of nitrogens with one attached hydrogen (secondary N) is 2. The van der Waals surface area contributed by atoms with Gasteiger partial charge in [-0.05, 0) is 71.0 Å². The van der Waals surface area contributed by atoms with Crippen molar-refractivity contribution in [3.8, 4) is 11.1 Å². The Morgan fingerprint density at radius 1 is 1.09 bits per heavy atom. The third-order valence-corrected chi connectivity index (χ3v) is 8.25. The van der Waals surface area contributed by atoms with Gasteiger partial charge in [0, 0.05) is 11.3 Å². The van der Waals surface area contributed by atoms with Gasteiger partial charge in [0.05, 0.1) is 21.9 Å². The highest BCUT2D eigenvalue weighted by molar-refractivity contribution is 7.91. The van der Waals surface area contributed by atoms with Crippen LogP contribution in [-0.4, -0.2) is 20.2 Å². The Morgan fingerprint density at radius 3 is 2.48 bits per heavy atom. The van der Waals surface area contributed by atoms with Crippen molar-refractivity contribution in [1.82, 2.24) is 0 Å². The molecule has 0 radical (unpaired) electrons. The Labute approximate surface area is 193 Å². The van der Waals surface area contributed by atoms with E-state index in [0.29, 0.717) is 5.56 Å². The summed E-state index contributed by atoms with van der Waals surface area (Å²) in [5.74, 6) is 0.0215. The minimum absolute atomic E-state index is 0.0215. The number of hydrogen-bond donors (Lipinski definition) is 2. The summed E-state index contributed by atoms with van der Waals surface area (Å²) in [5.41, 5.74) is 0.490. The highest BCUT2D eigenvalue weighted by Gasteiger charge is 2.42. The molecule has 1 saturated carbocycles. The average molecular weight is 495 g/mol. The molecule has 5 nitrogen and oxygen atoms in total. The van der Waals surface area contributed by atoms with Crippen LogP contribution in [0.15, 0.2) is 64.2 Å². The second-order valence-electron chi connectivity index (χ2n) is 8.45. The van der Waals surface area contributed by atoms with Crippen LogP contribution in [0.1, 0.15) is 25.3 Å². The highest BCUT2D eigenvalue weighted by atomic mass is 32.2. The molecule has 174 valence electrons. The first-order chi connectivity index (χ1) is 15.5. The van der Waals surface area contributed by atoms with Gasteiger partial charge >= 0.3 is 12.2 Å². The predicted octanol–water partition coefficient (Wildman–Crippen LogP) is 6.65. The van der Waals surface area contributed by atoms with E-state index in [1.54, 1.807) is 6.07 Å². The fourth-order valence-corrected chi connectivity index (χ4v) is 6.05. The highest BCUT2D eigenvalue weighted by Crippen LogP contribution is 2.47. The van der Waals surface area contributed by atoms with Gasteiger partial charge in [-0.15, -0.1) is 0 Å². The molecule has 0 atom stereocenters. The molecule has 1 aromatic heterocycles. The molecule has 0 bridgehead atoms. The molecule has 3 aromatic rings. The lowest BCUT2D eigenvalue weighted by atomic mass is 10.1. The third kappa shape index (κ3) is 5.56. The van der Waals surface area contributed by atoms with Crippen molar-refractivity contribution in [2.45, 2.75) is 30.8 Å². The lowest BCUT2D eigenvalue weighted by Crippen LogP contribution is -2.21. The standard InChI is InChI=1S/C23H21F3N2O3S2/c1-22(8-9-22)14-33(30,31)18-5-6-19(15-7-10-32-13-15)20(12-18)28-21(29)27-17-4-2-3-16(11-17)23(24,25)26/h2-7,10-13H,8-9,14H2,1H3,(H2,27,28,29). The van der Waals surface area contributed by atoms with E-state index >= 15 is 0 Å². The molecule has 0 saturated heterocycles. The van der Waals surface area contributed by atoms with Gasteiger partial charge in [-0.3, -0.25) is 0 Å². The molecule has 2 aromatic carbocycles. The van der Waals surface area contributed by atoms with Crippen molar-refractivity contribution < 1.29 is 26.4 Å². The number of benzene rings is 2. The molecule has 1 fully saturated rings. The first-order valence-corrected chi connectivity index (χ1v) is 12.7. The van der Waals surface area contributed by atoms with Crippen molar-refractivity contribution in [1.29, 1.82) is 0 Å². The number of thiophene rings is 1. The number of hydrogen-bond acceptors (Lipinski definition) is 4. The van der Waals surface area contributed by atoms with Gasteiger partial charge in [-0.1, -0.05) is 19.1 Å². The van der Waals surface area contributed by atoms with E-state index in [2.05, 4.69) is 10.6 Å². The Kier molecular flexibility index (Phi) is 6.00. The summed E-state index contributed by atoms with van der Waals surface area (Å²) in [5, 5.41) is 8.69. The predicted molar refractivity (Wildman–Crippen MR) is 123 cm³/mol. The third-order valence-electron chi connectivity index (χ3n) is 5.52. The van der Waals surface area contributed by atoms with Crippen LogP contribution < -0.4 is 10.6 Å². The second-order valence-corrected chi connectivity index (χ2v) is 11.2. The summed E-state index contributed by atoms with van der Waals surface area (Å²) in [4.78, 5) is 12.7. The van der Waals surface area contributed by atoms with Gasteiger partial charge in [0.2, 0.25) is 0 Å². The fraction of sp³-hybridized carbons (Fsp3) is 0.261. The van der Waals surface area contributed by atoms with E-state index < -0.39 is 27.6 Å². The minimum atomic E-state index is -4.54. The molecule has 10 heteroatoms. The first-order valence-electron chi connectivity index (χ1n) is 10.1. The molecular formula is C23H21F3N2O3S2. The molecular weight excluding hydrogens is 473 g/mol. The van der Waals surface area contributed by atoms with Crippen molar-refractivity contribution >= 4 is 38.6 Å². The zero-order valence-corrected chi connectivity index (χ0v) is 19.2. The lowest BCUT2D eigenvalue weighted by Gasteiger charge is -2.15. The Bertz CT molecular complexity index is 1280. The Hall–Kier alpha value is -2.85. The van der Waals surface area contributed by atoms with E-state index in [0.717, 1.165) is 30.5 Å². The number of urea groups is 1. The number of rotatable bonds is 6. The maximum absolute atomic E-state index is 13.0. The minimum Gasteiger partial charge on any atom is -0.308 e. The summed E-state index contributed by atoms with van der Waals surface area (Å²) < 4.78 is 64.7. The van der Waals surface area contributed by atoms with Crippen molar-refractivity contribution in [2.75, 3.05) is 16.4 Å². The van der Waals surface area contributed by atoms with E-state index in [-0.39, 0.29) is 27.4 Å². The summed E-state index contributed by atoms with van der Waals surface area (Å²) in [6.45, 7) is 1.92. The number of carbonyl (C=O) groups excluding carboxylic acids is 1. The van der Waals surface area contributed by atoms with Gasteiger partial charge in [-0.25, -0.2) is 13.2 Å². The zero-order chi connectivity index (χ0) is 23.9. The van der Waals surface area contributed by atoms with Crippen molar-refractivity contribution in [2.24, 2.45) is 5.41 Å². The summed E-state index contributed by atoms with van der Waals surface area (Å²) in [6, 6.07) is 9.87. The zero-order valence-electron chi connectivity index (χ0n) is 17.6. The van der Waals surface area contributed by atoms with Crippen molar-refractivity contribution in [3.63, 3.8) is 0 Å². The van der Waals surface area contributed by atoms with Crippen LogP contribution in [0.25, 0.3) is 11.1 Å². The molecule has 2 N–H and O–H groups in total. The molecule has 1 heterocycles. The van der Waals surface area contributed by atoms with Gasteiger partial charge in [0.25, 0.3) is 0 Å². The van der Waals surface area contributed by atoms with Crippen LogP contribution in [0.3, 0.4) is 0 Å². The molecule has 1 aliphatic rings. The second kappa shape index (κ2) is 8.49. The smallest absolute Gasteiger partial charge is 0.308 e. The normalized spacial score (nSPS) is 15.2. The molecule has 4 rings (SSSR count). The Morgan fingerprint density at radius 2 is 1.85 bits per heavy atom.